The molecule has 0 saturated heterocycles. The minimum absolute atomic E-state index is 0.299. The van der Waals surface area contributed by atoms with E-state index in [9.17, 15) is 0 Å². The van der Waals surface area contributed by atoms with Crippen LogP contribution >= 0.6 is 11.8 Å². The first kappa shape index (κ1) is 16.5. The summed E-state index contributed by atoms with van der Waals surface area (Å²) in [5.74, 6) is 2.13. The van der Waals surface area contributed by atoms with Gasteiger partial charge in [-0.3, -0.25) is 4.68 Å². The zero-order chi connectivity index (χ0) is 13.9. The van der Waals surface area contributed by atoms with E-state index >= 15 is 0 Å². The third-order valence-corrected chi connectivity index (χ3v) is 4.23. The molecule has 1 aromatic rings. The summed E-state index contributed by atoms with van der Waals surface area (Å²) in [6.07, 6.45) is 5.24. The highest BCUT2D eigenvalue weighted by Gasteiger charge is 2.07. The second-order valence-corrected chi connectivity index (χ2v) is 5.85. The van der Waals surface area contributed by atoms with Crippen molar-refractivity contribution in [2.24, 2.45) is 0 Å². The molecular weight excluding hydrogens is 258 g/mol. The number of nitrogens with zero attached hydrogens (tertiary/aromatic N) is 2. The Morgan fingerprint density at radius 2 is 2.16 bits per heavy atom. The van der Waals surface area contributed by atoms with Gasteiger partial charge < -0.3 is 10.4 Å². The number of hydrogen-bond donors (Lipinski definition) is 2. The van der Waals surface area contributed by atoms with E-state index in [1.54, 1.807) is 0 Å². The van der Waals surface area contributed by atoms with Crippen molar-refractivity contribution >= 4 is 11.8 Å². The van der Waals surface area contributed by atoms with Crippen LogP contribution in [0.25, 0.3) is 0 Å². The molecule has 0 radical (unpaired) electrons. The fourth-order valence-electron chi connectivity index (χ4n) is 1.97. The Bertz CT molecular complexity index is 326. The zero-order valence-corrected chi connectivity index (χ0v) is 13.0. The van der Waals surface area contributed by atoms with E-state index in [0.717, 1.165) is 49.6 Å². The number of hydrogen-bond acceptors (Lipinski definition) is 4. The molecule has 19 heavy (non-hydrogen) atoms. The first-order valence-corrected chi connectivity index (χ1v) is 8.40. The van der Waals surface area contributed by atoms with Crippen molar-refractivity contribution in [3.8, 4) is 0 Å². The van der Waals surface area contributed by atoms with Crippen LogP contribution in [0.15, 0.2) is 12.3 Å². The lowest BCUT2D eigenvalue weighted by Crippen LogP contribution is -2.17. The molecule has 0 aliphatic heterocycles. The predicted octanol–water partition coefficient (Wildman–Crippen LogP) is 2.45. The standard InChI is InChI=1S/C14H27N3OS/c1-3-14(4-2)17-8-6-13(16-17)12-15-7-11-19-10-5-9-18/h6,8,14-15,18H,3-5,7,9-12H2,1-2H3. The lowest BCUT2D eigenvalue weighted by molar-refractivity contribution is 0.296. The maximum Gasteiger partial charge on any atom is 0.0762 e. The molecule has 0 aromatic carbocycles. The second-order valence-electron chi connectivity index (χ2n) is 4.62. The number of thioether (sulfide) groups is 1. The van der Waals surface area contributed by atoms with E-state index < -0.39 is 0 Å². The zero-order valence-electron chi connectivity index (χ0n) is 12.1. The lowest BCUT2D eigenvalue weighted by Gasteiger charge is -2.12. The number of aliphatic hydroxyl groups excluding tert-OH is 1. The molecule has 0 saturated carbocycles. The number of aliphatic hydroxyl groups is 1. The van der Waals surface area contributed by atoms with Crippen molar-refractivity contribution in [1.82, 2.24) is 15.1 Å². The number of aromatic nitrogens is 2. The average molecular weight is 285 g/mol. The Hall–Kier alpha value is -0.520. The van der Waals surface area contributed by atoms with E-state index in [1.165, 1.54) is 0 Å². The highest BCUT2D eigenvalue weighted by molar-refractivity contribution is 7.99. The molecule has 0 aliphatic carbocycles. The summed E-state index contributed by atoms with van der Waals surface area (Å²) in [7, 11) is 0. The summed E-state index contributed by atoms with van der Waals surface area (Å²) >= 11 is 1.88. The molecule has 0 unspecified atom stereocenters. The molecule has 5 heteroatoms. The molecule has 0 fully saturated rings. The summed E-state index contributed by atoms with van der Waals surface area (Å²) < 4.78 is 2.09. The van der Waals surface area contributed by atoms with Crippen molar-refractivity contribution < 1.29 is 5.11 Å². The number of rotatable bonds is 11. The summed E-state index contributed by atoms with van der Waals surface area (Å²) in [5.41, 5.74) is 1.12. The molecule has 2 N–H and O–H groups in total. The average Bonchev–Trinajstić information content (AvgIpc) is 2.88. The van der Waals surface area contributed by atoms with Gasteiger partial charge >= 0.3 is 0 Å². The molecule has 1 rings (SSSR count). The van der Waals surface area contributed by atoms with Crippen molar-refractivity contribution in [3.05, 3.63) is 18.0 Å². The van der Waals surface area contributed by atoms with Gasteiger partial charge in [0.25, 0.3) is 0 Å². The molecule has 0 aliphatic rings. The Balaban J connectivity index is 2.16. The molecule has 0 amide bonds. The predicted molar refractivity (Wildman–Crippen MR) is 82.6 cm³/mol. The maximum absolute atomic E-state index is 8.67. The van der Waals surface area contributed by atoms with E-state index in [2.05, 4.69) is 41.2 Å². The van der Waals surface area contributed by atoms with E-state index in [0.29, 0.717) is 12.6 Å². The summed E-state index contributed by atoms with van der Waals surface area (Å²) in [5, 5.41) is 16.7. The highest BCUT2D eigenvalue weighted by atomic mass is 32.2. The first-order valence-electron chi connectivity index (χ1n) is 7.25. The Morgan fingerprint density at radius 3 is 2.84 bits per heavy atom. The fraction of sp³-hybridized carbons (Fsp3) is 0.786. The number of nitrogens with one attached hydrogen (secondary N) is 1. The quantitative estimate of drug-likeness (QED) is 0.613. The van der Waals surface area contributed by atoms with Crippen molar-refractivity contribution in [1.29, 1.82) is 0 Å². The highest BCUT2D eigenvalue weighted by Crippen LogP contribution is 2.14. The van der Waals surface area contributed by atoms with Crippen LogP contribution in [0.1, 0.15) is 44.8 Å². The van der Waals surface area contributed by atoms with Crippen molar-refractivity contribution in [3.63, 3.8) is 0 Å². The normalized spacial score (nSPS) is 11.4. The molecular formula is C14H27N3OS. The van der Waals surface area contributed by atoms with Gasteiger partial charge in [0.1, 0.15) is 0 Å². The van der Waals surface area contributed by atoms with Crippen LogP contribution in [0.2, 0.25) is 0 Å². The Kier molecular flexibility index (Phi) is 8.95. The van der Waals surface area contributed by atoms with Gasteiger partial charge in [-0.15, -0.1) is 0 Å². The van der Waals surface area contributed by atoms with Crippen molar-refractivity contribution in [2.45, 2.75) is 45.7 Å². The summed E-state index contributed by atoms with van der Waals surface area (Å²) in [4.78, 5) is 0. The van der Waals surface area contributed by atoms with Crippen LogP contribution in [-0.4, -0.2) is 39.5 Å². The van der Waals surface area contributed by atoms with Gasteiger partial charge in [0.2, 0.25) is 0 Å². The van der Waals surface area contributed by atoms with Crippen LogP contribution in [0.3, 0.4) is 0 Å². The third kappa shape index (κ3) is 6.45. The van der Waals surface area contributed by atoms with E-state index in [1.807, 2.05) is 11.8 Å². The van der Waals surface area contributed by atoms with Crippen LogP contribution in [0.4, 0.5) is 0 Å². The monoisotopic (exact) mass is 285 g/mol. The van der Waals surface area contributed by atoms with E-state index in [-0.39, 0.29) is 0 Å². The van der Waals surface area contributed by atoms with Gasteiger partial charge in [0, 0.05) is 31.6 Å². The first-order chi connectivity index (χ1) is 9.31. The summed E-state index contributed by atoms with van der Waals surface area (Å²) in [6.45, 7) is 6.55. The van der Waals surface area contributed by atoms with Crippen LogP contribution in [0.5, 0.6) is 0 Å². The van der Waals surface area contributed by atoms with E-state index in [4.69, 9.17) is 5.11 Å². The SMILES string of the molecule is CCC(CC)n1ccc(CNCCSCCCO)n1. The van der Waals surface area contributed by atoms with Crippen LogP contribution in [0, 0.1) is 0 Å². The second kappa shape index (κ2) is 10.3. The minimum atomic E-state index is 0.299. The molecule has 0 spiro atoms. The smallest absolute Gasteiger partial charge is 0.0762 e. The minimum Gasteiger partial charge on any atom is -0.396 e. The maximum atomic E-state index is 8.67. The fourth-order valence-corrected chi connectivity index (χ4v) is 2.79. The van der Waals surface area contributed by atoms with Crippen molar-refractivity contribution in [2.75, 3.05) is 24.7 Å². The summed E-state index contributed by atoms with van der Waals surface area (Å²) in [6, 6.07) is 2.63. The van der Waals surface area contributed by atoms with Gasteiger partial charge in [-0.05, 0) is 31.1 Å². The van der Waals surface area contributed by atoms with Gasteiger partial charge in [-0.2, -0.15) is 16.9 Å². The Labute approximate surface area is 121 Å². The Morgan fingerprint density at radius 1 is 1.37 bits per heavy atom. The molecule has 0 bridgehead atoms. The van der Waals surface area contributed by atoms with Gasteiger partial charge in [-0.25, -0.2) is 0 Å². The molecule has 1 aromatic heterocycles. The van der Waals surface area contributed by atoms with Gasteiger partial charge in [-0.1, -0.05) is 13.8 Å². The third-order valence-electron chi connectivity index (χ3n) is 3.16. The topological polar surface area (TPSA) is 50.1 Å². The molecule has 0 atom stereocenters. The molecule has 1 heterocycles. The van der Waals surface area contributed by atoms with Crippen LogP contribution in [-0.2, 0) is 6.54 Å². The largest absolute Gasteiger partial charge is 0.396 e. The van der Waals surface area contributed by atoms with Crippen LogP contribution < -0.4 is 5.32 Å². The van der Waals surface area contributed by atoms with Gasteiger partial charge in [0.05, 0.1) is 11.7 Å². The molecule has 110 valence electrons. The van der Waals surface area contributed by atoms with Gasteiger partial charge in [0.15, 0.2) is 0 Å². The molecule has 4 nitrogen and oxygen atoms in total. The lowest BCUT2D eigenvalue weighted by atomic mass is 10.2.